The molecule has 1 aliphatic carbocycles. The number of morpholine rings is 1. The number of hydrogen-bond donors (Lipinski definition) is 1. The molecule has 0 bridgehead atoms. The summed E-state index contributed by atoms with van der Waals surface area (Å²) in [5.41, 5.74) is -0.545. The summed E-state index contributed by atoms with van der Waals surface area (Å²) in [6, 6.07) is 0. The summed E-state index contributed by atoms with van der Waals surface area (Å²) < 4.78 is 43.4. The van der Waals surface area contributed by atoms with Crippen molar-refractivity contribution in [2.24, 2.45) is 5.92 Å². The Morgan fingerprint density at radius 1 is 1.33 bits per heavy atom. The van der Waals surface area contributed by atoms with E-state index in [-0.39, 0.29) is 12.8 Å². The second-order valence-electron chi connectivity index (χ2n) is 4.54. The van der Waals surface area contributed by atoms with E-state index in [1.54, 1.807) is 0 Å². The summed E-state index contributed by atoms with van der Waals surface area (Å²) in [7, 11) is 0. The van der Waals surface area contributed by atoms with Gasteiger partial charge in [0.05, 0.1) is 18.1 Å². The van der Waals surface area contributed by atoms with Gasteiger partial charge in [-0.15, -0.1) is 0 Å². The lowest BCUT2D eigenvalue weighted by atomic mass is 9.77. The third-order valence-electron chi connectivity index (χ3n) is 3.40. The quantitative estimate of drug-likeness (QED) is 0.679. The lowest BCUT2D eigenvalue weighted by molar-refractivity contribution is -0.209. The minimum Gasteiger partial charge on any atom is -0.372 e. The standard InChI is InChI=1S/C10H16F3NO/c11-10(12,13)8-2-1-3-9(6-8)7-14-4-5-15-9/h8,14H,1-7H2. The summed E-state index contributed by atoms with van der Waals surface area (Å²) in [5.74, 6) is -1.17. The van der Waals surface area contributed by atoms with Crippen LogP contribution in [0.1, 0.15) is 25.7 Å². The fourth-order valence-corrected chi connectivity index (χ4v) is 2.60. The summed E-state index contributed by atoms with van der Waals surface area (Å²) in [4.78, 5) is 0. The van der Waals surface area contributed by atoms with Crippen molar-refractivity contribution in [2.75, 3.05) is 19.7 Å². The highest BCUT2D eigenvalue weighted by Gasteiger charge is 2.48. The number of rotatable bonds is 0. The molecule has 5 heteroatoms. The predicted octanol–water partition coefficient (Wildman–Crippen LogP) is 2.10. The van der Waals surface area contributed by atoms with E-state index in [1.165, 1.54) is 0 Å². The molecular weight excluding hydrogens is 207 g/mol. The van der Waals surface area contributed by atoms with Gasteiger partial charge in [-0.3, -0.25) is 0 Å². The highest BCUT2D eigenvalue weighted by atomic mass is 19.4. The molecule has 0 aromatic rings. The van der Waals surface area contributed by atoms with Crippen molar-refractivity contribution in [3.8, 4) is 0 Å². The zero-order valence-corrected chi connectivity index (χ0v) is 8.57. The van der Waals surface area contributed by atoms with Gasteiger partial charge in [0.15, 0.2) is 0 Å². The van der Waals surface area contributed by atoms with Gasteiger partial charge < -0.3 is 10.1 Å². The van der Waals surface area contributed by atoms with Gasteiger partial charge in [-0.25, -0.2) is 0 Å². The highest BCUT2D eigenvalue weighted by Crippen LogP contribution is 2.43. The Bertz CT molecular complexity index is 218. The normalized spacial score (nSPS) is 38.2. The minimum atomic E-state index is -4.06. The summed E-state index contributed by atoms with van der Waals surface area (Å²) in [6.07, 6.45) is -2.30. The van der Waals surface area contributed by atoms with Gasteiger partial charge >= 0.3 is 6.18 Å². The molecule has 2 atom stereocenters. The molecule has 1 heterocycles. The van der Waals surface area contributed by atoms with Crippen molar-refractivity contribution < 1.29 is 17.9 Å². The molecule has 15 heavy (non-hydrogen) atoms. The lowest BCUT2D eigenvalue weighted by Gasteiger charge is -2.43. The molecule has 88 valence electrons. The molecule has 0 aromatic carbocycles. The number of halogens is 3. The van der Waals surface area contributed by atoms with Gasteiger partial charge in [0, 0.05) is 13.1 Å². The van der Waals surface area contributed by atoms with Crippen LogP contribution < -0.4 is 5.32 Å². The second-order valence-corrected chi connectivity index (χ2v) is 4.54. The molecule has 2 fully saturated rings. The first-order valence-electron chi connectivity index (χ1n) is 5.43. The van der Waals surface area contributed by atoms with E-state index in [2.05, 4.69) is 5.32 Å². The molecule has 1 N–H and O–H groups in total. The first-order valence-corrected chi connectivity index (χ1v) is 5.43. The van der Waals surface area contributed by atoms with Crippen LogP contribution in [0.4, 0.5) is 13.2 Å². The predicted molar refractivity (Wildman–Crippen MR) is 49.6 cm³/mol. The van der Waals surface area contributed by atoms with E-state index in [1.807, 2.05) is 0 Å². The molecule has 0 amide bonds. The summed E-state index contributed by atoms with van der Waals surface area (Å²) in [6.45, 7) is 1.85. The van der Waals surface area contributed by atoms with Crippen LogP contribution in [-0.2, 0) is 4.74 Å². The fraction of sp³-hybridized carbons (Fsp3) is 1.00. The van der Waals surface area contributed by atoms with Gasteiger partial charge in [-0.05, 0) is 25.7 Å². The molecule has 0 radical (unpaired) electrons. The van der Waals surface area contributed by atoms with Crippen molar-refractivity contribution in [1.29, 1.82) is 0 Å². The van der Waals surface area contributed by atoms with E-state index in [0.29, 0.717) is 19.6 Å². The van der Waals surface area contributed by atoms with Crippen molar-refractivity contribution >= 4 is 0 Å². The van der Waals surface area contributed by atoms with Gasteiger partial charge in [0.25, 0.3) is 0 Å². The van der Waals surface area contributed by atoms with Crippen LogP contribution in [0.3, 0.4) is 0 Å². The maximum Gasteiger partial charge on any atom is 0.391 e. The number of alkyl halides is 3. The SMILES string of the molecule is FC(F)(F)C1CCCC2(CNCCO2)C1. The Labute approximate surface area is 87.2 Å². The molecule has 2 aliphatic rings. The van der Waals surface area contributed by atoms with E-state index in [0.717, 1.165) is 13.0 Å². The average molecular weight is 223 g/mol. The average Bonchev–Trinajstić information content (AvgIpc) is 2.18. The molecule has 1 spiro atoms. The van der Waals surface area contributed by atoms with E-state index >= 15 is 0 Å². The van der Waals surface area contributed by atoms with Crippen molar-refractivity contribution in [2.45, 2.75) is 37.5 Å². The Morgan fingerprint density at radius 3 is 2.73 bits per heavy atom. The molecule has 0 aromatic heterocycles. The summed E-state index contributed by atoms with van der Waals surface area (Å²) >= 11 is 0. The Balaban J connectivity index is 2.02. The monoisotopic (exact) mass is 223 g/mol. The van der Waals surface area contributed by atoms with Crippen LogP contribution in [0.2, 0.25) is 0 Å². The van der Waals surface area contributed by atoms with E-state index < -0.39 is 17.7 Å². The number of ether oxygens (including phenoxy) is 1. The van der Waals surface area contributed by atoms with Crippen LogP contribution in [0.15, 0.2) is 0 Å². The molecule has 2 nitrogen and oxygen atoms in total. The van der Waals surface area contributed by atoms with Crippen LogP contribution >= 0.6 is 0 Å². The first-order chi connectivity index (χ1) is 7.02. The zero-order chi connectivity index (χ0) is 10.9. The van der Waals surface area contributed by atoms with Crippen molar-refractivity contribution in [1.82, 2.24) is 5.32 Å². The van der Waals surface area contributed by atoms with Gasteiger partial charge in [0.2, 0.25) is 0 Å². The molecule has 1 saturated carbocycles. The topological polar surface area (TPSA) is 21.3 Å². The van der Waals surface area contributed by atoms with Crippen LogP contribution in [0.25, 0.3) is 0 Å². The largest absolute Gasteiger partial charge is 0.391 e. The fourth-order valence-electron chi connectivity index (χ4n) is 2.60. The summed E-state index contributed by atoms with van der Waals surface area (Å²) in [5, 5.41) is 3.12. The second kappa shape index (κ2) is 3.94. The molecular formula is C10H16F3NO. The maximum absolute atomic E-state index is 12.6. The van der Waals surface area contributed by atoms with Gasteiger partial charge in [0.1, 0.15) is 0 Å². The maximum atomic E-state index is 12.6. The third-order valence-corrected chi connectivity index (χ3v) is 3.40. The zero-order valence-electron chi connectivity index (χ0n) is 8.57. The Kier molecular flexibility index (Phi) is 2.94. The smallest absolute Gasteiger partial charge is 0.372 e. The van der Waals surface area contributed by atoms with Crippen molar-refractivity contribution in [3.05, 3.63) is 0 Å². The molecule has 2 rings (SSSR count). The first kappa shape index (κ1) is 11.2. The Hall–Kier alpha value is -0.290. The van der Waals surface area contributed by atoms with E-state index in [9.17, 15) is 13.2 Å². The van der Waals surface area contributed by atoms with Crippen molar-refractivity contribution in [3.63, 3.8) is 0 Å². The molecule has 2 unspecified atom stereocenters. The number of nitrogens with one attached hydrogen (secondary N) is 1. The van der Waals surface area contributed by atoms with Crippen LogP contribution in [-0.4, -0.2) is 31.5 Å². The van der Waals surface area contributed by atoms with Crippen LogP contribution in [0, 0.1) is 5.92 Å². The van der Waals surface area contributed by atoms with Crippen LogP contribution in [0.5, 0.6) is 0 Å². The highest BCUT2D eigenvalue weighted by molar-refractivity contribution is 4.93. The molecule has 1 aliphatic heterocycles. The minimum absolute atomic E-state index is 0.128. The van der Waals surface area contributed by atoms with Gasteiger partial charge in [-0.1, -0.05) is 0 Å². The third kappa shape index (κ3) is 2.45. The Morgan fingerprint density at radius 2 is 2.13 bits per heavy atom. The van der Waals surface area contributed by atoms with Gasteiger partial charge in [-0.2, -0.15) is 13.2 Å². The van der Waals surface area contributed by atoms with E-state index in [4.69, 9.17) is 4.74 Å². The molecule has 1 saturated heterocycles. The lowest BCUT2D eigenvalue weighted by Crippen LogP contribution is -2.53. The number of hydrogen-bond acceptors (Lipinski definition) is 2.